The quantitative estimate of drug-likeness (QED) is 0.901. The predicted molar refractivity (Wildman–Crippen MR) is 67.0 cm³/mol. The van der Waals surface area contributed by atoms with Crippen molar-refractivity contribution in [1.29, 1.82) is 0 Å². The Bertz CT molecular complexity index is 530. The second-order valence-electron chi connectivity index (χ2n) is 4.24. The van der Waals surface area contributed by atoms with E-state index in [-0.39, 0.29) is 23.3 Å². The standard InChI is InChI=1S/C12H16FNO3S/c1-2-17-12-4-3-9(7-10(12)13)11-8-18(15,16)6-5-14-11/h3-4,7,11,14H,2,5-6,8H2,1H3. The van der Waals surface area contributed by atoms with Crippen LogP contribution in [-0.2, 0) is 9.84 Å². The highest BCUT2D eigenvalue weighted by atomic mass is 32.2. The van der Waals surface area contributed by atoms with Gasteiger partial charge in [0.15, 0.2) is 21.4 Å². The van der Waals surface area contributed by atoms with Crippen LogP contribution in [0.1, 0.15) is 18.5 Å². The highest BCUT2D eigenvalue weighted by Crippen LogP contribution is 2.24. The van der Waals surface area contributed by atoms with Crippen molar-refractivity contribution >= 4 is 9.84 Å². The second-order valence-corrected chi connectivity index (χ2v) is 6.47. The van der Waals surface area contributed by atoms with E-state index in [0.29, 0.717) is 18.7 Å². The molecule has 0 bridgehead atoms. The smallest absolute Gasteiger partial charge is 0.165 e. The van der Waals surface area contributed by atoms with Gasteiger partial charge in [-0.05, 0) is 24.6 Å². The molecule has 1 fully saturated rings. The van der Waals surface area contributed by atoms with Gasteiger partial charge < -0.3 is 10.1 Å². The van der Waals surface area contributed by atoms with Crippen molar-refractivity contribution in [1.82, 2.24) is 5.32 Å². The van der Waals surface area contributed by atoms with Crippen LogP contribution >= 0.6 is 0 Å². The number of ether oxygens (including phenoxy) is 1. The minimum Gasteiger partial charge on any atom is -0.491 e. The van der Waals surface area contributed by atoms with Crippen LogP contribution in [0.4, 0.5) is 4.39 Å². The summed E-state index contributed by atoms with van der Waals surface area (Å²) in [5.41, 5.74) is 0.638. The zero-order chi connectivity index (χ0) is 13.2. The van der Waals surface area contributed by atoms with Gasteiger partial charge in [-0.2, -0.15) is 0 Å². The van der Waals surface area contributed by atoms with Crippen LogP contribution in [0.25, 0.3) is 0 Å². The highest BCUT2D eigenvalue weighted by Gasteiger charge is 2.25. The summed E-state index contributed by atoms with van der Waals surface area (Å²) in [6.07, 6.45) is 0. The number of hydrogen-bond acceptors (Lipinski definition) is 4. The minimum absolute atomic E-state index is 0.0143. The lowest BCUT2D eigenvalue weighted by atomic mass is 10.1. The van der Waals surface area contributed by atoms with E-state index >= 15 is 0 Å². The third-order valence-corrected chi connectivity index (χ3v) is 4.55. The van der Waals surface area contributed by atoms with Crippen molar-refractivity contribution in [2.45, 2.75) is 13.0 Å². The summed E-state index contributed by atoms with van der Waals surface area (Å²) in [6.45, 7) is 2.58. The fourth-order valence-corrected chi connectivity index (χ4v) is 3.42. The number of sulfone groups is 1. The Kier molecular flexibility index (Phi) is 3.87. The number of nitrogens with one attached hydrogen (secondary N) is 1. The fraction of sp³-hybridized carbons (Fsp3) is 0.500. The van der Waals surface area contributed by atoms with Gasteiger partial charge in [0.25, 0.3) is 0 Å². The number of rotatable bonds is 3. The van der Waals surface area contributed by atoms with E-state index in [1.807, 2.05) is 0 Å². The minimum atomic E-state index is -3.03. The third-order valence-electron chi connectivity index (χ3n) is 2.88. The van der Waals surface area contributed by atoms with Crippen LogP contribution < -0.4 is 10.1 Å². The summed E-state index contributed by atoms with van der Waals surface area (Å²) >= 11 is 0. The Balaban J connectivity index is 2.21. The summed E-state index contributed by atoms with van der Waals surface area (Å²) in [5.74, 6) is -0.109. The molecule has 0 amide bonds. The maximum Gasteiger partial charge on any atom is 0.165 e. The summed E-state index contributed by atoms with van der Waals surface area (Å²) in [7, 11) is -3.03. The largest absolute Gasteiger partial charge is 0.491 e. The second kappa shape index (κ2) is 5.24. The topological polar surface area (TPSA) is 55.4 Å². The normalized spacial score (nSPS) is 22.7. The average Bonchev–Trinajstić information content (AvgIpc) is 2.30. The Morgan fingerprint density at radius 1 is 1.50 bits per heavy atom. The van der Waals surface area contributed by atoms with E-state index in [1.165, 1.54) is 12.1 Å². The molecule has 0 spiro atoms. The van der Waals surface area contributed by atoms with Crippen molar-refractivity contribution in [3.63, 3.8) is 0 Å². The zero-order valence-electron chi connectivity index (χ0n) is 10.1. The molecule has 1 N–H and O–H groups in total. The zero-order valence-corrected chi connectivity index (χ0v) is 11.0. The first kappa shape index (κ1) is 13.3. The maximum atomic E-state index is 13.7. The molecule has 1 aliphatic heterocycles. The lowest BCUT2D eigenvalue weighted by Crippen LogP contribution is -2.39. The van der Waals surface area contributed by atoms with Crippen LogP contribution in [0.2, 0.25) is 0 Å². The summed E-state index contributed by atoms with van der Waals surface area (Å²) in [5, 5.41) is 3.08. The molecule has 1 aromatic carbocycles. The molecule has 1 saturated heterocycles. The summed E-state index contributed by atoms with van der Waals surface area (Å²) < 4.78 is 41.8. The Labute approximate surface area is 106 Å². The molecule has 1 heterocycles. The fourth-order valence-electron chi connectivity index (χ4n) is 2.01. The van der Waals surface area contributed by atoms with Crippen LogP contribution in [0.3, 0.4) is 0 Å². The molecule has 0 aromatic heterocycles. The van der Waals surface area contributed by atoms with Crippen LogP contribution in [0, 0.1) is 5.82 Å². The van der Waals surface area contributed by atoms with Gasteiger partial charge in [0.2, 0.25) is 0 Å². The van der Waals surface area contributed by atoms with Gasteiger partial charge in [0.1, 0.15) is 0 Å². The Morgan fingerprint density at radius 2 is 2.28 bits per heavy atom. The van der Waals surface area contributed by atoms with Crippen LogP contribution in [0.15, 0.2) is 18.2 Å². The lowest BCUT2D eigenvalue weighted by molar-refractivity contribution is 0.321. The molecule has 1 unspecified atom stereocenters. The van der Waals surface area contributed by atoms with Crippen LogP contribution in [0.5, 0.6) is 5.75 Å². The summed E-state index contributed by atoms with van der Waals surface area (Å²) in [6, 6.07) is 4.24. The maximum absolute atomic E-state index is 13.7. The molecule has 18 heavy (non-hydrogen) atoms. The van der Waals surface area contributed by atoms with Gasteiger partial charge in [-0.15, -0.1) is 0 Å². The predicted octanol–water partition coefficient (Wildman–Crippen LogP) is 1.28. The summed E-state index contributed by atoms with van der Waals surface area (Å²) in [4.78, 5) is 0. The SMILES string of the molecule is CCOc1ccc(C2CS(=O)(=O)CCN2)cc1F. The van der Waals surface area contributed by atoms with E-state index in [4.69, 9.17) is 4.74 Å². The van der Waals surface area contributed by atoms with Gasteiger partial charge >= 0.3 is 0 Å². The van der Waals surface area contributed by atoms with Gasteiger partial charge in [0, 0.05) is 12.6 Å². The Hall–Kier alpha value is -1.14. The lowest BCUT2D eigenvalue weighted by Gasteiger charge is -2.24. The van der Waals surface area contributed by atoms with Crippen molar-refractivity contribution in [2.24, 2.45) is 0 Å². The molecule has 6 heteroatoms. The average molecular weight is 273 g/mol. The van der Waals surface area contributed by atoms with Gasteiger partial charge in [-0.1, -0.05) is 6.07 Å². The molecule has 1 atom stereocenters. The van der Waals surface area contributed by atoms with Gasteiger partial charge in [-0.3, -0.25) is 0 Å². The van der Waals surface area contributed by atoms with E-state index in [1.54, 1.807) is 13.0 Å². The molecule has 2 rings (SSSR count). The number of hydrogen-bond donors (Lipinski definition) is 1. The highest BCUT2D eigenvalue weighted by molar-refractivity contribution is 7.91. The molecule has 100 valence electrons. The Morgan fingerprint density at radius 3 is 2.89 bits per heavy atom. The first-order valence-corrected chi connectivity index (χ1v) is 7.70. The van der Waals surface area contributed by atoms with E-state index < -0.39 is 15.7 Å². The molecule has 0 aliphatic carbocycles. The van der Waals surface area contributed by atoms with Crippen molar-refractivity contribution in [2.75, 3.05) is 24.7 Å². The molecule has 0 saturated carbocycles. The van der Waals surface area contributed by atoms with E-state index in [0.717, 1.165) is 0 Å². The number of benzene rings is 1. The van der Waals surface area contributed by atoms with Crippen LogP contribution in [-0.4, -0.2) is 33.1 Å². The third kappa shape index (κ3) is 3.00. The number of halogens is 1. The van der Waals surface area contributed by atoms with E-state index in [2.05, 4.69) is 5.32 Å². The van der Waals surface area contributed by atoms with Gasteiger partial charge in [-0.25, -0.2) is 12.8 Å². The first-order chi connectivity index (χ1) is 8.52. The van der Waals surface area contributed by atoms with Crippen molar-refractivity contribution in [3.8, 4) is 5.75 Å². The first-order valence-electron chi connectivity index (χ1n) is 5.88. The van der Waals surface area contributed by atoms with Gasteiger partial charge in [0.05, 0.1) is 18.1 Å². The van der Waals surface area contributed by atoms with Crippen molar-refractivity contribution < 1.29 is 17.5 Å². The molecule has 0 radical (unpaired) electrons. The monoisotopic (exact) mass is 273 g/mol. The van der Waals surface area contributed by atoms with Crippen molar-refractivity contribution in [3.05, 3.63) is 29.6 Å². The molecule has 1 aromatic rings. The molecular weight excluding hydrogens is 257 g/mol. The molecule has 1 aliphatic rings. The van der Waals surface area contributed by atoms with E-state index in [9.17, 15) is 12.8 Å². The molecular formula is C12H16FNO3S. The molecule has 4 nitrogen and oxygen atoms in total.